The lowest BCUT2D eigenvalue weighted by molar-refractivity contribution is 0.268. The van der Waals surface area contributed by atoms with Crippen LogP contribution in [0, 0.1) is 5.92 Å². The second-order valence-corrected chi connectivity index (χ2v) is 5.67. The maximum atomic E-state index is 9.57. The van der Waals surface area contributed by atoms with E-state index >= 15 is 0 Å². The van der Waals surface area contributed by atoms with Crippen molar-refractivity contribution in [2.24, 2.45) is 10.9 Å². The zero-order valence-corrected chi connectivity index (χ0v) is 15.6. The van der Waals surface area contributed by atoms with Crippen molar-refractivity contribution in [3.05, 3.63) is 35.9 Å². The van der Waals surface area contributed by atoms with Crippen molar-refractivity contribution in [1.29, 1.82) is 0 Å². The van der Waals surface area contributed by atoms with Gasteiger partial charge in [-0.05, 0) is 24.8 Å². The van der Waals surface area contributed by atoms with E-state index in [0.29, 0.717) is 6.54 Å². The Labute approximate surface area is 150 Å². The molecule has 4 nitrogen and oxygen atoms in total. The Hall–Kier alpha value is -0.820. The topological polar surface area (TPSA) is 56.7 Å². The average Bonchev–Trinajstić information content (AvgIpc) is 3.33. The minimum Gasteiger partial charge on any atom is -0.396 e. The molecule has 1 aromatic rings. The van der Waals surface area contributed by atoms with Gasteiger partial charge in [-0.15, -0.1) is 24.0 Å². The molecular weight excluding hydrogens is 389 g/mol. The van der Waals surface area contributed by atoms with Crippen molar-refractivity contribution in [3.8, 4) is 0 Å². The van der Waals surface area contributed by atoms with Crippen LogP contribution in [0.2, 0.25) is 0 Å². The van der Waals surface area contributed by atoms with Gasteiger partial charge in [0.15, 0.2) is 5.96 Å². The molecule has 0 spiro atoms. The minimum atomic E-state index is 0. The van der Waals surface area contributed by atoms with Crippen molar-refractivity contribution >= 4 is 29.9 Å². The Kier molecular flexibility index (Phi) is 9.47. The van der Waals surface area contributed by atoms with Crippen LogP contribution in [0.4, 0.5) is 0 Å². The first-order valence-corrected chi connectivity index (χ1v) is 8.01. The number of rotatable bonds is 8. The van der Waals surface area contributed by atoms with Crippen molar-refractivity contribution in [2.75, 3.05) is 26.2 Å². The summed E-state index contributed by atoms with van der Waals surface area (Å²) in [7, 11) is 0. The number of aliphatic imine (C=N–C) groups is 1. The van der Waals surface area contributed by atoms with Gasteiger partial charge in [-0.1, -0.05) is 43.2 Å². The molecule has 1 aliphatic carbocycles. The normalized spacial score (nSPS) is 15.8. The molecule has 3 N–H and O–H groups in total. The van der Waals surface area contributed by atoms with E-state index in [0.717, 1.165) is 30.5 Å². The van der Waals surface area contributed by atoms with Gasteiger partial charge in [-0.2, -0.15) is 0 Å². The molecule has 22 heavy (non-hydrogen) atoms. The van der Waals surface area contributed by atoms with Gasteiger partial charge in [0.2, 0.25) is 0 Å². The lowest BCUT2D eigenvalue weighted by atomic mass is 10.0. The van der Waals surface area contributed by atoms with E-state index in [9.17, 15) is 5.11 Å². The van der Waals surface area contributed by atoms with Crippen LogP contribution in [-0.2, 0) is 0 Å². The van der Waals surface area contributed by atoms with Gasteiger partial charge in [-0.25, -0.2) is 0 Å². The summed E-state index contributed by atoms with van der Waals surface area (Å²) in [6.45, 7) is 4.61. The summed E-state index contributed by atoms with van der Waals surface area (Å²) in [5, 5.41) is 16.2. The predicted octanol–water partition coefficient (Wildman–Crippen LogP) is 2.74. The van der Waals surface area contributed by atoms with Gasteiger partial charge in [0.25, 0.3) is 0 Å². The molecule has 0 amide bonds. The average molecular weight is 417 g/mol. The fourth-order valence-electron chi connectivity index (χ4n) is 2.34. The predicted molar refractivity (Wildman–Crippen MR) is 103 cm³/mol. The SMILES string of the molecule is CCNC(=NCC(CO)c1ccccc1)NCCC1CC1.I. The highest BCUT2D eigenvalue weighted by molar-refractivity contribution is 14.0. The molecule has 0 aliphatic heterocycles. The molecule has 0 aromatic heterocycles. The van der Waals surface area contributed by atoms with E-state index in [1.165, 1.54) is 19.3 Å². The summed E-state index contributed by atoms with van der Waals surface area (Å²) < 4.78 is 0. The molecule has 0 radical (unpaired) electrons. The number of aliphatic hydroxyl groups is 1. The maximum Gasteiger partial charge on any atom is 0.191 e. The van der Waals surface area contributed by atoms with Gasteiger partial charge in [0.05, 0.1) is 13.2 Å². The van der Waals surface area contributed by atoms with Gasteiger partial charge in [0, 0.05) is 19.0 Å². The number of hydrogen-bond donors (Lipinski definition) is 3. The summed E-state index contributed by atoms with van der Waals surface area (Å²) in [5.74, 6) is 1.84. The molecule has 0 bridgehead atoms. The van der Waals surface area contributed by atoms with E-state index in [4.69, 9.17) is 0 Å². The Morgan fingerprint density at radius 3 is 2.59 bits per heavy atom. The van der Waals surface area contributed by atoms with Crippen molar-refractivity contribution in [3.63, 3.8) is 0 Å². The fraction of sp³-hybridized carbons (Fsp3) is 0.588. The smallest absolute Gasteiger partial charge is 0.191 e. The maximum absolute atomic E-state index is 9.57. The van der Waals surface area contributed by atoms with Crippen LogP contribution in [0.25, 0.3) is 0 Å². The van der Waals surface area contributed by atoms with E-state index in [1.54, 1.807) is 0 Å². The number of benzene rings is 1. The molecular formula is C17H28IN3O. The third kappa shape index (κ3) is 6.96. The van der Waals surface area contributed by atoms with E-state index in [2.05, 4.69) is 22.5 Å². The first-order chi connectivity index (χ1) is 10.3. The molecule has 2 rings (SSSR count). The third-order valence-corrected chi connectivity index (χ3v) is 3.85. The molecule has 1 atom stereocenters. The Morgan fingerprint density at radius 1 is 1.27 bits per heavy atom. The standard InChI is InChI=1S/C17H27N3O.HI/c1-2-18-17(19-11-10-14-8-9-14)20-12-16(13-21)15-6-4-3-5-7-15;/h3-7,14,16,21H,2,8-13H2,1H3,(H2,18,19,20);1H. The van der Waals surface area contributed by atoms with Crippen LogP contribution in [0.3, 0.4) is 0 Å². The van der Waals surface area contributed by atoms with Gasteiger partial charge < -0.3 is 15.7 Å². The summed E-state index contributed by atoms with van der Waals surface area (Å²) in [5.41, 5.74) is 1.14. The van der Waals surface area contributed by atoms with Crippen molar-refractivity contribution in [2.45, 2.75) is 32.1 Å². The monoisotopic (exact) mass is 417 g/mol. The van der Waals surface area contributed by atoms with Gasteiger partial charge in [-0.3, -0.25) is 4.99 Å². The Balaban J connectivity index is 0.00000242. The molecule has 1 saturated carbocycles. The molecule has 0 heterocycles. The molecule has 1 aliphatic rings. The number of guanidine groups is 1. The highest BCUT2D eigenvalue weighted by Gasteiger charge is 2.20. The summed E-state index contributed by atoms with van der Waals surface area (Å²) >= 11 is 0. The number of aliphatic hydroxyl groups excluding tert-OH is 1. The second kappa shape index (κ2) is 10.8. The lowest BCUT2D eigenvalue weighted by Gasteiger charge is -2.15. The largest absolute Gasteiger partial charge is 0.396 e. The molecule has 5 heteroatoms. The zero-order chi connectivity index (χ0) is 14.9. The minimum absolute atomic E-state index is 0. The Morgan fingerprint density at radius 2 is 2.00 bits per heavy atom. The fourth-order valence-corrected chi connectivity index (χ4v) is 2.34. The summed E-state index contributed by atoms with van der Waals surface area (Å²) in [6, 6.07) is 10.1. The van der Waals surface area contributed by atoms with Gasteiger partial charge >= 0.3 is 0 Å². The summed E-state index contributed by atoms with van der Waals surface area (Å²) in [4.78, 5) is 4.61. The highest BCUT2D eigenvalue weighted by Crippen LogP contribution is 2.31. The summed E-state index contributed by atoms with van der Waals surface area (Å²) in [6.07, 6.45) is 4.00. The quantitative estimate of drug-likeness (QED) is 0.347. The van der Waals surface area contributed by atoms with E-state index in [-0.39, 0.29) is 36.5 Å². The van der Waals surface area contributed by atoms with Crippen molar-refractivity contribution < 1.29 is 5.11 Å². The number of nitrogens with zero attached hydrogens (tertiary/aromatic N) is 1. The number of hydrogen-bond acceptors (Lipinski definition) is 2. The number of nitrogens with one attached hydrogen (secondary N) is 2. The van der Waals surface area contributed by atoms with Crippen LogP contribution >= 0.6 is 24.0 Å². The second-order valence-electron chi connectivity index (χ2n) is 5.67. The first kappa shape index (κ1) is 19.2. The van der Waals surface area contributed by atoms with E-state index < -0.39 is 0 Å². The van der Waals surface area contributed by atoms with Crippen LogP contribution < -0.4 is 10.6 Å². The number of halogens is 1. The highest BCUT2D eigenvalue weighted by atomic mass is 127. The molecule has 0 saturated heterocycles. The van der Waals surface area contributed by atoms with E-state index in [1.807, 2.05) is 30.3 Å². The van der Waals surface area contributed by atoms with Crippen LogP contribution in [0.1, 0.15) is 37.7 Å². The molecule has 1 fully saturated rings. The molecule has 1 unspecified atom stereocenters. The van der Waals surface area contributed by atoms with Crippen LogP contribution in [0.15, 0.2) is 35.3 Å². The van der Waals surface area contributed by atoms with Crippen molar-refractivity contribution in [1.82, 2.24) is 10.6 Å². The lowest BCUT2D eigenvalue weighted by Crippen LogP contribution is -2.38. The Bertz CT molecular complexity index is 435. The van der Waals surface area contributed by atoms with Crippen LogP contribution in [-0.4, -0.2) is 37.3 Å². The zero-order valence-electron chi connectivity index (χ0n) is 13.3. The molecule has 1 aromatic carbocycles. The van der Waals surface area contributed by atoms with Gasteiger partial charge in [0.1, 0.15) is 0 Å². The van der Waals surface area contributed by atoms with Crippen LogP contribution in [0.5, 0.6) is 0 Å². The third-order valence-electron chi connectivity index (χ3n) is 3.85. The molecule has 124 valence electrons. The first-order valence-electron chi connectivity index (χ1n) is 8.01.